The third kappa shape index (κ3) is 4.67. The molecule has 1 amide bonds. The lowest BCUT2D eigenvalue weighted by Crippen LogP contribution is -2.13. The van der Waals surface area contributed by atoms with Crippen LogP contribution in [0, 0.1) is 6.92 Å². The van der Waals surface area contributed by atoms with Gasteiger partial charge in [-0.1, -0.05) is 29.0 Å². The summed E-state index contributed by atoms with van der Waals surface area (Å²) in [5.41, 5.74) is 2.63. The maximum atomic E-state index is 12.2. The average Bonchev–Trinajstić information content (AvgIpc) is 2.97. The van der Waals surface area contributed by atoms with Gasteiger partial charge in [0.15, 0.2) is 4.80 Å². The van der Waals surface area contributed by atoms with E-state index in [-0.39, 0.29) is 11.9 Å². The molecule has 0 N–H and O–H groups in total. The van der Waals surface area contributed by atoms with Crippen LogP contribution in [0.25, 0.3) is 10.2 Å². The Hall–Kier alpha value is -2.38. The third-order valence-electron chi connectivity index (χ3n) is 4.06. The number of fused-ring (bicyclic) bond motifs is 1. The number of hydrogen-bond donors (Lipinski definition) is 0. The van der Waals surface area contributed by atoms with E-state index in [1.54, 1.807) is 23.9 Å². The summed E-state index contributed by atoms with van der Waals surface area (Å²) in [6.07, 6.45) is 0.375. The van der Waals surface area contributed by atoms with Gasteiger partial charge in [0.2, 0.25) is 5.91 Å². The van der Waals surface area contributed by atoms with Crippen molar-refractivity contribution in [2.45, 2.75) is 18.2 Å². The molecule has 0 aliphatic rings. The summed E-state index contributed by atoms with van der Waals surface area (Å²) in [4.78, 5) is 29.9. The number of aryl methyl sites for hydroxylation is 2. The molecule has 2 aromatic carbocycles. The summed E-state index contributed by atoms with van der Waals surface area (Å²) in [5, 5.41) is 0. The summed E-state index contributed by atoms with van der Waals surface area (Å²) in [6, 6.07) is 13.6. The van der Waals surface area contributed by atoms with E-state index in [2.05, 4.69) is 36.2 Å². The fourth-order valence-electron chi connectivity index (χ4n) is 2.54. The highest BCUT2D eigenvalue weighted by Gasteiger charge is 2.10. The van der Waals surface area contributed by atoms with E-state index in [0.29, 0.717) is 22.5 Å². The Kier molecular flexibility index (Phi) is 6.13. The summed E-state index contributed by atoms with van der Waals surface area (Å²) >= 11 is 3.04. The molecule has 0 saturated heterocycles. The molecule has 0 unspecified atom stereocenters. The average molecular weight is 401 g/mol. The van der Waals surface area contributed by atoms with Gasteiger partial charge < -0.3 is 9.30 Å². The van der Waals surface area contributed by atoms with Gasteiger partial charge in [-0.25, -0.2) is 4.79 Å². The third-order valence-corrected chi connectivity index (χ3v) is 6.16. The van der Waals surface area contributed by atoms with Crippen molar-refractivity contribution in [1.29, 1.82) is 0 Å². The molecule has 0 aliphatic carbocycles. The Balaban J connectivity index is 1.72. The number of amides is 1. The van der Waals surface area contributed by atoms with Crippen LogP contribution in [0.2, 0.25) is 0 Å². The van der Waals surface area contributed by atoms with Crippen molar-refractivity contribution in [2.75, 3.05) is 12.9 Å². The lowest BCUT2D eigenvalue weighted by molar-refractivity contribution is -0.117. The van der Waals surface area contributed by atoms with E-state index >= 15 is 0 Å². The van der Waals surface area contributed by atoms with Crippen LogP contribution in [0.4, 0.5) is 0 Å². The topological polar surface area (TPSA) is 60.7 Å². The number of benzene rings is 2. The van der Waals surface area contributed by atoms with Crippen LogP contribution in [0.3, 0.4) is 0 Å². The smallest absolute Gasteiger partial charge is 0.337 e. The monoisotopic (exact) mass is 400 g/mol. The fraction of sp³-hybridized carbons (Fsp3) is 0.250. The van der Waals surface area contributed by atoms with Crippen LogP contribution in [-0.2, 0) is 16.6 Å². The molecule has 0 spiro atoms. The standard InChI is InChI=1S/C20H20N2O3S2/c1-13-4-7-15(8-5-13)26-11-10-18(23)21-20-22(2)16-9-6-14(19(24)25-3)12-17(16)27-20/h4-9,12H,10-11H2,1-3H3. The Morgan fingerprint density at radius 1 is 1.19 bits per heavy atom. The summed E-state index contributed by atoms with van der Waals surface area (Å²) in [7, 11) is 3.22. The molecule has 3 rings (SSSR count). The maximum Gasteiger partial charge on any atom is 0.337 e. The molecule has 7 heteroatoms. The van der Waals surface area contributed by atoms with Crippen molar-refractivity contribution in [3.05, 3.63) is 58.4 Å². The number of carbonyl (C=O) groups excluding carboxylic acids is 2. The molecule has 1 heterocycles. The Morgan fingerprint density at radius 3 is 2.63 bits per heavy atom. The van der Waals surface area contributed by atoms with Crippen LogP contribution >= 0.6 is 23.1 Å². The quantitative estimate of drug-likeness (QED) is 0.481. The van der Waals surface area contributed by atoms with E-state index < -0.39 is 0 Å². The zero-order chi connectivity index (χ0) is 19.4. The molecular weight excluding hydrogens is 380 g/mol. The number of hydrogen-bond acceptors (Lipinski definition) is 5. The zero-order valence-corrected chi connectivity index (χ0v) is 17.0. The van der Waals surface area contributed by atoms with Crippen LogP contribution in [0.15, 0.2) is 52.4 Å². The van der Waals surface area contributed by atoms with Gasteiger partial charge in [0.25, 0.3) is 0 Å². The minimum absolute atomic E-state index is 0.148. The molecule has 0 bridgehead atoms. The molecular formula is C20H20N2O3S2. The van der Waals surface area contributed by atoms with Crippen LogP contribution in [-0.4, -0.2) is 29.3 Å². The highest BCUT2D eigenvalue weighted by atomic mass is 32.2. The van der Waals surface area contributed by atoms with Crippen molar-refractivity contribution in [1.82, 2.24) is 4.57 Å². The summed E-state index contributed by atoms with van der Waals surface area (Å²) < 4.78 is 7.51. The number of thiazole rings is 1. The molecule has 0 radical (unpaired) electrons. The Labute approximate surface area is 165 Å². The lowest BCUT2D eigenvalue weighted by atomic mass is 10.2. The van der Waals surface area contributed by atoms with E-state index in [9.17, 15) is 9.59 Å². The number of thioether (sulfide) groups is 1. The van der Waals surface area contributed by atoms with Gasteiger partial charge >= 0.3 is 5.97 Å². The van der Waals surface area contributed by atoms with E-state index in [0.717, 1.165) is 15.1 Å². The van der Waals surface area contributed by atoms with Crippen molar-refractivity contribution >= 4 is 45.2 Å². The number of methoxy groups -OCH3 is 1. The van der Waals surface area contributed by atoms with E-state index in [1.807, 2.05) is 17.7 Å². The summed E-state index contributed by atoms with van der Waals surface area (Å²) in [5.74, 6) is 0.160. The molecule has 27 heavy (non-hydrogen) atoms. The second kappa shape index (κ2) is 8.54. The lowest BCUT2D eigenvalue weighted by Gasteiger charge is -2.00. The van der Waals surface area contributed by atoms with Crippen LogP contribution < -0.4 is 4.80 Å². The van der Waals surface area contributed by atoms with Gasteiger partial charge in [0.1, 0.15) is 0 Å². The molecule has 1 aromatic heterocycles. The maximum absolute atomic E-state index is 12.2. The number of aromatic nitrogens is 1. The zero-order valence-electron chi connectivity index (χ0n) is 15.4. The number of rotatable bonds is 5. The van der Waals surface area contributed by atoms with E-state index in [1.165, 1.54) is 24.0 Å². The van der Waals surface area contributed by atoms with Crippen molar-refractivity contribution in [2.24, 2.45) is 12.0 Å². The van der Waals surface area contributed by atoms with Crippen LogP contribution in [0.5, 0.6) is 0 Å². The Morgan fingerprint density at radius 2 is 1.93 bits per heavy atom. The Bertz CT molecular complexity index is 1050. The second-order valence-electron chi connectivity index (χ2n) is 6.03. The fourth-order valence-corrected chi connectivity index (χ4v) is 4.45. The molecule has 5 nitrogen and oxygen atoms in total. The number of nitrogens with zero attached hydrogens (tertiary/aromatic N) is 2. The highest BCUT2D eigenvalue weighted by molar-refractivity contribution is 7.99. The SMILES string of the molecule is COC(=O)c1ccc2c(c1)sc(=NC(=O)CCSc1ccc(C)cc1)n2C. The first kappa shape index (κ1) is 19.4. The number of carbonyl (C=O) groups is 2. The molecule has 140 valence electrons. The largest absolute Gasteiger partial charge is 0.465 e. The van der Waals surface area contributed by atoms with Gasteiger partial charge in [0.05, 0.1) is 22.9 Å². The van der Waals surface area contributed by atoms with E-state index in [4.69, 9.17) is 4.74 Å². The van der Waals surface area contributed by atoms with Crippen molar-refractivity contribution in [3.8, 4) is 0 Å². The molecule has 0 aliphatic heterocycles. The van der Waals surface area contributed by atoms with Gasteiger partial charge in [-0.05, 0) is 37.3 Å². The van der Waals surface area contributed by atoms with Gasteiger partial charge in [0, 0.05) is 24.1 Å². The number of ether oxygens (including phenoxy) is 1. The predicted molar refractivity (Wildman–Crippen MR) is 109 cm³/mol. The predicted octanol–water partition coefficient (Wildman–Crippen LogP) is 3.94. The highest BCUT2D eigenvalue weighted by Crippen LogP contribution is 2.20. The first-order valence-corrected chi connectivity index (χ1v) is 10.2. The van der Waals surface area contributed by atoms with Gasteiger partial charge in [-0.15, -0.1) is 11.8 Å². The molecule has 0 fully saturated rings. The first-order valence-electron chi connectivity index (χ1n) is 8.43. The minimum atomic E-state index is -0.379. The van der Waals surface area contributed by atoms with Gasteiger partial charge in [-0.2, -0.15) is 4.99 Å². The first-order chi connectivity index (χ1) is 13.0. The molecule has 0 atom stereocenters. The second-order valence-corrected chi connectivity index (χ2v) is 8.21. The number of esters is 1. The minimum Gasteiger partial charge on any atom is -0.465 e. The molecule has 3 aromatic rings. The van der Waals surface area contributed by atoms with Gasteiger partial charge in [-0.3, -0.25) is 4.79 Å². The normalized spacial score (nSPS) is 11.7. The summed E-state index contributed by atoms with van der Waals surface area (Å²) in [6.45, 7) is 2.05. The van der Waals surface area contributed by atoms with Crippen molar-refractivity contribution < 1.29 is 14.3 Å². The van der Waals surface area contributed by atoms with Crippen molar-refractivity contribution in [3.63, 3.8) is 0 Å². The molecule has 0 saturated carbocycles. The van der Waals surface area contributed by atoms with Crippen LogP contribution in [0.1, 0.15) is 22.3 Å².